The first kappa shape index (κ1) is 18.8. The van der Waals surface area contributed by atoms with E-state index in [4.69, 9.17) is 0 Å². The summed E-state index contributed by atoms with van der Waals surface area (Å²) in [6, 6.07) is 18.3. The van der Waals surface area contributed by atoms with E-state index in [0.717, 1.165) is 11.3 Å². The summed E-state index contributed by atoms with van der Waals surface area (Å²) in [4.78, 5) is 13.5. The molecule has 7 nitrogen and oxygen atoms in total. The number of amides is 1. The van der Waals surface area contributed by atoms with Crippen molar-refractivity contribution in [3.63, 3.8) is 0 Å². The third-order valence-electron chi connectivity index (χ3n) is 3.86. The molecule has 0 fully saturated rings. The number of para-hydroxylation sites is 1. The fourth-order valence-corrected chi connectivity index (χ4v) is 3.97. The Hall–Kier alpha value is -3.00. The van der Waals surface area contributed by atoms with Crippen LogP contribution in [0.2, 0.25) is 0 Å². The van der Waals surface area contributed by atoms with Crippen molar-refractivity contribution in [1.29, 1.82) is 0 Å². The largest absolute Gasteiger partial charge is 0.351 e. The van der Waals surface area contributed by atoms with Gasteiger partial charge >= 0.3 is 0 Å². The van der Waals surface area contributed by atoms with E-state index in [2.05, 4.69) is 15.5 Å². The molecule has 1 aromatic heterocycles. The van der Waals surface area contributed by atoms with Gasteiger partial charge in [-0.3, -0.25) is 4.79 Å². The average Bonchev–Trinajstić information content (AvgIpc) is 3.17. The van der Waals surface area contributed by atoms with Crippen LogP contribution in [0.1, 0.15) is 22.5 Å². The van der Waals surface area contributed by atoms with Gasteiger partial charge in [-0.25, -0.2) is 8.42 Å². The molecule has 0 spiro atoms. The minimum absolute atomic E-state index is 0.00713. The molecular weight excluding hydrogens is 364 g/mol. The predicted molar refractivity (Wildman–Crippen MR) is 102 cm³/mol. The summed E-state index contributed by atoms with van der Waals surface area (Å²) in [6.45, 7) is 0.255. The first-order valence-corrected chi connectivity index (χ1v) is 10.4. The van der Waals surface area contributed by atoms with Crippen molar-refractivity contribution in [2.24, 2.45) is 0 Å². The number of aromatic nitrogens is 3. The predicted octanol–water partition coefficient (Wildman–Crippen LogP) is 2.00. The number of sulfone groups is 1. The summed E-state index contributed by atoms with van der Waals surface area (Å²) in [7, 11) is -3.21. The van der Waals surface area contributed by atoms with Crippen molar-refractivity contribution in [2.75, 3.05) is 12.3 Å². The van der Waals surface area contributed by atoms with Crippen LogP contribution in [0.25, 0.3) is 5.69 Å². The second-order valence-electron chi connectivity index (χ2n) is 6.04. The van der Waals surface area contributed by atoms with Crippen molar-refractivity contribution in [1.82, 2.24) is 20.3 Å². The van der Waals surface area contributed by atoms with Gasteiger partial charge in [0.2, 0.25) is 0 Å². The van der Waals surface area contributed by atoms with Crippen molar-refractivity contribution in [3.8, 4) is 5.69 Å². The smallest absolute Gasteiger partial charge is 0.273 e. The number of rotatable bonds is 8. The molecule has 27 heavy (non-hydrogen) atoms. The van der Waals surface area contributed by atoms with E-state index in [-0.39, 0.29) is 29.7 Å². The van der Waals surface area contributed by atoms with Crippen molar-refractivity contribution < 1.29 is 13.2 Å². The SMILES string of the molecule is O=C(NCCCS(=O)(=O)Cc1ccccc1)c1cnn(-c2ccccc2)n1. The molecule has 0 unspecified atom stereocenters. The second kappa shape index (κ2) is 8.59. The van der Waals surface area contributed by atoms with Crippen molar-refractivity contribution >= 4 is 15.7 Å². The van der Waals surface area contributed by atoms with E-state index < -0.39 is 9.84 Å². The Bertz CT molecular complexity index is 986. The maximum absolute atomic E-state index is 12.1. The molecular formula is C19H20N4O3S. The number of nitrogens with zero attached hydrogens (tertiary/aromatic N) is 3. The van der Waals surface area contributed by atoms with E-state index in [0.29, 0.717) is 6.42 Å². The Morgan fingerprint density at radius 2 is 1.67 bits per heavy atom. The number of hydrogen-bond donors (Lipinski definition) is 1. The molecule has 2 aromatic carbocycles. The highest BCUT2D eigenvalue weighted by atomic mass is 32.2. The zero-order valence-electron chi connectivity index (χ0n) is 14.7. The Morgan fingerprint density at radius 1 is 1.00 bits per heavy atom. The Labute approximate surface area is 158 Å². The van der Waals surface area contributed by atoms with Gasteiger partial charge in [0.05, 0.1) is 23.4 Å². The fourth-order valence-electron chi connectivity index (χ4n) is 2.54. The minimum atomic E-state index is -3.21. The Kier molecular flexibility index (Phi) is 5.97. The second-order valence-corrected chi connectivity index (χ2v) is 8.23. The molecule has 0 saturated carbocycles. The molecule has 0 aliphatic heterocycles. The lowest BCUT2D eigenvalue weighted by molar-refractivity contribution is 0.0948. The van der Waals surface area contributed by atoms with Gasteiger partial charge in [-0.1, -0.05) is 48.5 Å². The van der Waals surface area contributed by atoms with Crippen LogP contribution in [0, 0.1) is 0 Å². The van der Waals surface area contributed by atoms with Crippen molar-refractivity contribution in [3.05, 3.63) is 78.1 Å². The zero-order valence-corrected chi connectivity index (χ0v) is 15.5. The molecule has 140 valence electrons. The van der Waals surface area contributed by atoms with E-state index in [1.165, 1.54) is 11.0 Å². The summed E-state index contributed by atoms with van der Waals surface area (Å²) in [6.07, 6.45) is 1.72. The van der Waals surface area contributed by atoms with Gasteiger partial charge in [-0.05, 0) is 24.1 Å². The van der Waals surface area contributed by atoms with E-state index in [9.17, 15) is 13.2 Å². The molecule has 0 saturated heterocycles. The topological polar surface area (TPSA) is 94.0 Å². The molecule has 8 heteroatoms. The maximum Gasteiger partial charge on any atom is 0.273 e. The van der Waals surface area contributed by atoms with Crippen LogP contribution in [0.4, 0.5) is 0 Å². The maximum atomic E-state index is 12.1. The van der Waals surface area contributed by atoms with E-state index in [1.54, 1.807) is 12.1 Å². The molecule has 1 amide bonds. The van der Waals surface area contributed by atoms with Crippen molar-refractivity contribution in [2.45, 2.75) is 12.2 Å². The normalized spacial score (nSPS) is 11.3. The summed E-state index contributed by atoms with van der Waals surface area (Å²) < 4.78 is 24.3. The van der Waals surface area contributed by atoms with Gasteiger partial charge in [0.15, 0.2) is 15.5 Å². The summed E-state index contributed by atoms with van der Waals surface area (Å²) in [5, 5.41) is 10.9. The zero-order chi connectivity index (χ0) is 19.1. The number of hydrogen-bond acceptors (Lipinski definition) is 5. The van der Waals surface area contributed by atoms with Crippen LogP contribution >= 0.6 is 0 Å². The number of nitrogens with one attached hydrogen (secondary N) is 1. The molecule has 3 aromatic rings. The van der Waals surface area contributed by atoms with Gasteiger partial charge in [0.25, 0.3) is 5.91 Å². The Morgan fingerprint density at radius 3 is 2.37 bits per heavy atom. The lowest BCUT2D eigenvalue weighted by Crippen LogP contribution is -2.26. The van der Waals surface area contributed by atoms with Crippen LogP contribution in [0.15, 0.2) is 66.9 Å². The highest BCUT2D eigenvalue weighted by molar-refractivity contribution is 7.90. The van der Waals surface area contributed by atoms with Gasteiger partial charge in [-0.15, -0.1) is 5.10 Å². The van der Waals surface area contributed by atoms with E-state index in [1.807, 2.05) is 48.5 Å². The summed E-state index contributed by atoms with van der Waals surface area (Å²) >= 11 is 0. The standard InChI is InChI=1S/C19H20N4O3S/c24-19(18-14-21-23(22-18)17-10-5-2-6-11-17)20-12-7-13-27(25,26)15-16-8-3-1-4-9-16/h1-6,8-11,14H,7,12-13,15H2,(H,20,24). The molecule has 1 N–H and O–H groups in total. The van der Waals surface area contributed by atoms with E-state index >= 15 is 0 Å². The average molecular weight is 384 g/mol. The van der Waals surface area contributed by atoms with Crippen LogP contribution in [-0.2, 0) is 15.6 Å². The monoisotopic (exact) mass is 384 g/mol. The van der Waals surface area contributed by atoms with Crippen LogP contribution < -0.4 is 5.32 Å². The van der Waals surface area contributed by atoms with Gasteiger partial charge in [-0.2, -0.15) is 9.90 Å². The fraction of sp³-hybridized carbons (Fsp3) is 0.211. The number of carbonyl (C=O) groups is 1. The lowest BCUT2D eigenvalue weighted by Gasteiger charge is -2.05. The lowest BCUT2D eigenvalue weighted by atomic mass is 10.2. The molecule has 0 aliphatic rings. The molecule has 1 heterocycles. The van der Waals surface area contributed by atoms with Crippen LogP contribution in [0.5, 0.6) is 0 Å². The molecule has 0 bridgehead atoms. The van der Waals surface area contributed by atoms with Gasteiger partial charge in [0, 0.05) is 6.54 Å². The third-order valence-corrected chi connectivity index (χ3v) is 5.54. The Balaban J connectivity index is 1.46. The summed E-state index contributed by atoms with van der Waals surface area (Å²) in [5.41, 5.74) is 1.70. The number of carbonyl (C=O) groups excluding carboxylic acids is 1. The minimum Gasteiger partial charge on any atom is -0.351 e. The first-order valence-electron chi connectivity index (χ1n) is 8.54. The van der Waals surface area contributed by atoms with Crippen LogP contribution in [-0.4, -0.2) is 41.6 Å². The molecule has 0 radical (unpaired) electrons. The van der Waals surface area contributed by atoms with Crippen LogP contribution in [0.3, 0.4) is 0 Å². The highest BCUT2D eigenvalue weighted by Gasteiger charge is 2.14. The molecule has 3 rings (SSSR count). The summed E-state index contributed by atoms with van der Waals surface area (Å²) in [5.74, 6) is -0.357. The van der Waals surface area contributed by atoms with Gasteiger partial charge < -0.3 is 5.32 Å². The quantitative estimate of drug-likeness (QED) is 0.600. The third kappa shape index (κ3) is 5.49. The number of benzene rings is 2. The first-order chi connectivity index (χ1) is 13.0. The molecule has 0 atom stereocenters. The highest BCUT2D eigenvalue weighted by Crippen LogP contribution is 2.07. The molecule has 0 aliphatic carbocycles. The van der Waals surface area contributed by atoms with Gasteiger partial charge in [0.1, 0.15) is 0 Å².